The Morgan fingerprint density at radius 1 is 0.826 bits per heavy atom. The van der Waals surface area contributed by atoms with Crippen molar-refractivity contribution in [1.82, 2.24) is 0 Å². The number of benzene rings is 2. The zero-order chi connectivity index (χ0) is 17.0. The van der Waals surface area contributed by atoms with Crippen molar-refractivity contribution >= 4 is 23.5 Å². The second kappa shape index (κ2) is 6.57. The Kier molecular flexibility index (Phi) is 4.56. The molecule has 0 saturated heterocycles. The van der Waals surface area contributed by atoms with E-state index in [4.69, 9.17) is 5.11 Å². The second-order valence-corrected chi connectivity index (χ2v) is 4.63. The van der Waals surface area contributed by atoms with Crippen LogP contribution in [-0.2, 0) is 9.59 Å². The molecule has 0 bridgehead atoms. The molecule has 0 radical (unpaired) electrons. The highest BCUT2D eigenvalue weighted by atomic mass is 16.4. The molecule has 0 atom stereocenters. The van der Waals surface area contributed by atoms with Gasteiger partial charge in [-0.15, -0.1) is 0 Å². The third-order valence-electron chi connectivity index (χ3n) is 3.13. The molecule has 0 fully saturated rings. The topological polar surface area (TPSA) is 112 Å². The normalized spacial score (nSPS) is 11.0. The minimum absolute atomic E-state index is 0.140. The van der Waals surface area contributed by atoms with Crippen molar-refractivity contribution in [3.05, 3.63) is 65.7 Å². The molecular weight excluding hydrogens is 300 g/mol. The van der Waals surface area contributed by atoms with E-state index in [1.165, 1.54) is 18.2 Å². The first-order valence-electron chi connectivity index (χ1n) is 6.51. The summed E-state index contributed by atoms with van der Waals surface area (Å²) in [4.78, 5) is 32.7. The highest BCUT2D eigenvalue weighted by Gasteiger charge is 2.12. The Morgan fingerprint density at radius 2 is 1.43 bits per heavy atom. The average molecular weight is 312 g/mol. The lowest BCUT2D eigenvalue weighted by molar-refractivity contribution is -0.146. The van der Waals surface area contributed by atoms with Crippen LogP contribution in [0.4, 0.5) is 0 Å². The molecule has 3 N–H and O–H groups in total. The predicted molar refractivity (Wildman–Crippen MR) is 82.1 cm³/mol. The Bertz CT molecular complexity index is 802. The van der Waals surface area contributed by atoms with E-state index in [0.29, 0.717) is 17.2 Å². The molecule has 0 aliphatic rings. The van der Waals surface area contributed by atoms with Crippen LogP contribution in [0.3, 0.4) is 0 Å². The van der Waals surface area contributed by atoms with Crippen LogP contribution in [0.15, 0.2) is 54.6 Å². The molecule has 0 aromatic heterocycles. The van der Waals surface area contributed by atoms with E-state index >= 15 is 0 Å². The molecule has 0 aliphatic heterocycles. The number of ketones is 1. The number of aliphatic hydroxyl groups is 1. The maximum atomic E-state index is 11.2. The molecule has 2 rings (SSSR count). The Hall–Kier alpha value is -3.41. The number of rotatable bonds is 5. The highest BCUT2D eigenvalue weighted by molar-refractivity contribution is 6.38. The summed E-state index contributed by atoms with van der Waals surface area (Å²) in [6.45, 7) is 0. The summed E-state index contributed by atoms with van der Waals surface area (Å²) in [6.07, 6.45) is 0.614. The molecule has 23 heavy (non-hydrogen) atoms. The number of aliphatic carboxylic acids is 1. The number of hydrogen-bond acceptors (Lipinski definition) is 4. The maximum absolute atomic E-state index is 11.2. The van der Waals surface area contributed by atoms with Gasteiger partial charge in [-0.1, -0.05) is 42.5 Å². The third-order valence-corrected chi connectivity index (χ3v) is 3.13. The van der Waals surface area contributed by atoms with Crippen LogP contribution in [0.25, 0.3) is 16.9 Å². The summed E-state index contributed by atoms with van der Waals surface area (Å²) < 4.78 is 0. The number of aromatic carboxylic acids is 1. The van der Waals surface area contributed by atoms with E-state index in [1.807, 2.05) is 0 Å². The van der Waals surface area contributed by atoms with Gasteiger partial charge in [-0.05, 0) is 17.2 Å². The van der Waals surface area contributed by atoms with Crippen LogP contribution in [0, 0.1) is 0 Å². The van der Waals surface area contributed by atoms with E-state index in [9.17, 15) is 24.6 Å². The van der Waals surface area contributed by atoms with Crippen molar-refractivity contribution in [2.24, 2.45) is 0 Å². The predicted octanol–water partition coefficient (Wildman–Crippen LogP) is 2.60. The molecule has 6 nitrogen and oxygen atoms in total. The first-order chi connectivity index (χ1) is 10.9. The highest BCUT2D eigenvalue weighted by Crippen LogP contribution is 2.25. The minimum atomic E-state index is -1.66. The molecule has 0 spiro atoms. The summed E-state index contributed by atoms with van der Waals surface area (Å²) in [5.41, 5.74) is 1.51. The van der Waals surface area contributed by atoms with Crippen molar-refractivity contribution in [3.8, 4) is 11.1 Å². The number of carboxylic acid groups (broad SMARTS) is 2. The zero-order valence-electron chi connectivity index (χ0n) is 11.8. The lowest BCUT2D eigenvalue weighted by atomic mass is 9.98. The van der Waals surface area contributed by atoms with Crippen LogP contribution < -0.4 is 0 Å². The smallest absolute Gasteiger partial charge is 0.376 e. The van der Waals surface area contributed by atoms with Gasteiger partial charge in [-0.2, -0.15) is 0 Å². The van der Waals surface area contributed by atoms with Crippen LogP contribution in [-0.4, -0.2) is 33.0 Å². The number of carbonyl (C=O) groups excluding carboxylic acids is 1. The summed E-state index contributed by atoms with van der Waals surface area (Å²) in [5, 5.41) is 27.4. The second-order valence-electron chi connectivity index (χ2n) is 4.63. The van der Waals surface area contributed by atoms with E-state index in [0.717, 1.165) is 0 Å². The van der Waals surface area contributed by atoms with Gasteiger partial charge in [0, 0.05) is 11.6 Å². The Balaban J connectivity index is 2.36. The minimum Gasteiger partial charge on any atom is -0.507 e. The lowest BCUT2D eigenvalue weighted by Crippen LogP contribution is -2.09. The van der Waals surface area contributed by atoms with Gasteiger partial charge in [-0.25, -0.2) is 9.59 Å². The quantitative estimate of drug-likeness (QED) is 0.444. The summed E-state index contributed by atoms with van der Waals surface area (Å²) in [6, 6.07) is 12.5. The number of carboxylic acids is 2. The Morgan fingerprint density at radius 3 is 2.00 bits per heavy atom. The van der Waals surface area contributed by atoms with Gasteiger partial charge in [0.1, 0.15) is 5.76 Å². The fourth-order valence-electron chi connectivity index (χ4n) is 2.01. The van der Waals surface area contributed by atoms with Crippen molar-refractivity contribution < 1.29 is 29.7 Å². The van der Waals surface area contributed by atoms with E-state index < -0.39 is 23.5 Å². The van der Waals surface area contributed by atoms with Gasteiger partial charge in [-0.3, -0.25) is 4.79 Å². The molecule has 2 aromatic rings. The third kappa shape index (κ3) is 3.62. The van der Waals surface area contributed by atoms with Crippen molar-refractivity contribution in [2.75, 3.05) is 0 Å². The van der Waals surface area contributed by atoms with Crippen LogP contribution >= 0.6 is 0 Å². The average Bonchev–Trinajstić information content (AvgIpc) is 2.54. The van der Waals surface area contributed by atoms with E-state index in [-0.39, 0.29) is 11.1 Å². The lowest BCUT2D eigenvalue weighted by Gasteiger charge is -2.07. The molecule has 0 heterocycles. The fourth-order valence-corrected chi connectivity index (χ4v) is 2.01. The van der Waals surface area contributed by atoms with Gasteiger partial charge in [0.25, 0.3) is 5.78 Å². The molecule has 0 amide bonds. The van der Waals surface area contributed by atoms with Gasteiger partial charge >= 0.3 is 11.9 Å². The van der Waals surface area contributed by atoms with Crippen LogP contribution in [0.5, 0.6) is 0 Å². The van der Waals surface area contributed by atoms with Crippen LogP contribution in [0.2, 0.25) is 0 Å². The molecule has 0 saturated carbocycles. The molecule has 0 unspecified atom stereocenters. The molecule has 116 valence electrons. The van der Waals surface area contributed by atoms with Gasteiger partial charge in [0.2, 0.25) is 0 Å². The number of carbonyl (C=O) groups is 3. The monoisotopic (exact) mass is 312 g/mol. The van der Waals surface area contributed by atoms with E-state index in [1.54, 1.807) is 30.3 Å². The standard InChI is InChI=1S/C17H12O6/c18-14(9-15(19)17(22)23)11-7-5-10(6-8-11)12-3-1-2-4-13(12)16(20)21/h1-9,18H,(H,20,21)(H,22,23)/b14-9-. The van der Waals surface area contributed by atoms with Crippen LogP contribution in [0.1, 0.15) is 15.9 Å². The molecule has 6 heteroatoms. The van der Waals surface area contributed by atoms with Gasteiger partial charge in [0.15, 0.2) is 0 Å². The Labute approximate surface area is 130 Å². The molecule has 2 aromatic carbocycles. The van der Waals surface area contributed by atoms with Crippen molar-refractivity contribution in [1.29, 1.82) is 0 Å². The number of aliphatic hydroxyl groups excluding tert-OH is 1. The van der Waals surface area contributed by atoms with Gasteiger partial charge < -0.3 is 15.3 Å². The fraction of sp³-hybridized carbons (Fsp3) is 0. The number of hydrogen-bond donors (Lipinski definition) is 3. The molecule has 0 aliphatic carbocycles. The maximum Gasteiger partial charge on any atom is 0.376 e. The van der Waals surface area contributed by atoms with E-state index in [2.05, 4.69) is 0 Å². The van der Waals surface area contributed by atoms with Crippen molar-refractivity contribution in [2.45, 2.75) is 0 Å². The first kappa shape index (κ1) is 16.0. The summed E-state index contributed by atoms with van der Waals surface area (Å²) in [7, 11) is 0. The van der Waals surface area contributed by atoms with Crippen molar-refractivity contribution in [3.63, 3.8) is 0 Å². The summed E-state index contributed by atoms with van der Waals surface area (Å²) in [5.74, 6) is -4.43. The summed E-state index contributed by atoms with van der Waals surface area (Å²) >= 11 is 0. The SMILES string of the molecule is O=C(O)C(=O)/C=C(\O)c1ccc(-c2ccccc2C(=O)O)cc1. The van der Waals surface area contributed by atoms with Gasteiger partial charge in [0.05, 0.1) is 5.56 Å². The molecular formula is C17H12O6. The first-order valence-corrected chi connectivity index (χ1v) is 6.51. The zero-order valence-corrected chi connectivity index (χ0v) is 11.8. The largest absolute Gasteiger partial charge is 0.507 e.